The summed E-state index contributed by atoms with van der Waals surface area (Å²) in [5.74, 6) is -3.57. The largest absolute Gasteiger partial charge is 0.455 e. The van der Waals surface area contributed by atoms with E-state index >= 15 is 4.39 Å². The van der Waals surface area contributed by atoms with Gasteiger partial charge in [-0.05, 0) is 55.8 Å². The summed E-state index contributed by atoms with van der Waals surface area (Å²) in [6.45, 7) is 3.87. The Kier molecular flexibility index (Phi) is 6.26. The van der Waals surface area contributed by atoms with E-state index < -0.39 is 71.1 Å². The number of halogens is 2. The predicted octanol–water partition coefficient (Wildman–Crippen LogP) is 2.05. The summed E-state index contributed by atoms with van der Waals surface area (Å²) < 4.78 is 35.4. The maximum Gasteiger partial charge on any atom is 0.342 e. The van der Waals surface area contributed by atoms with Gasteiger partial charge in [0.2, 0.25) is 12.0 Å². The first kappa shape index (κ1) is 25.6. The molecule has 0 radical (unpaired) electrons. The van der Waals surface area contributed by atoms with Gasteiger partial charge in [0.1, 0.15) is 17.1 Å². The number of esters is 1. The van der Waals surface area contributed by atoms with Crippen molar-refractivity contribution in [2.24, 2.45) is 40.2 Å². The molecule has 0 heterocycles. The highest BCUT2D eigenvalue weighted by Crippen LogP contribution is 2.71. The topological polar surface area (TPSA) is 127 Å². The van der Waals surface area contributed by atoms with E-state index in [4.69, 9.17) is 10.5 Å². The van der Waals surface area contributed by atoms with Crippen LogP contribution < -0.4 is 5.73 Å². The van der Waals surface area contributed by atoms with Gasteiger partial charge in [-0.15, -0.1) is 0 Å². The minimum Gasteiger partial charge on any atom is -0.455 e. The van der Waals surface area contributed by atoms with E-state index in [-0.39, 0.29) is 24.0 Å². The second-order valence-electron chi connectivity index (χ2n) is 11.7. The first-order valence-electron chi connectivity index (χ1n) is 12.4. The van der Waals surface area contributed by atoms with E-state index in [1.807, 2.05) is 6.92 Å². The lowest BCUT2D eigenvalue weighted by Crippen LogP contribution is -2.71. The van der Waals surface area contributed by atoms with Crippen LogP contribution in [0.5, 0.6) is 0 Å². The van der Waals surface area contributed by atoms with Crippen molar-refractivity contribution in [3.8, 4) is 0 Å². The van der Waals surface area contributed by atoms with Crippen molar-refractivity contribution < 1.29 is 38.1 Å². The van der Waals surface area contributed by atoms with Gasteiger partial charge in [0.05, 0.1) is 6.10 Å². The molecule has 4 unspecified atom stereocenters. The number of hydrogen-bond acceptors (Lipinski definition) is 7. The number of carbonyl (C=O) groups is 3. The van der Waals surface area contributed by atoms with Gasteiger partial charge in [-0.25, -0.2) is 13.6 Å². The van der Waals surface area contributed by atoms with Crippen molar-refractivity contribution in [1.29, 1.82) is 0 Å². The fourth-order valence-electron chi connectivity index (χ4n) is 8.42. The third-order valence-corrected chi connectivity index (χ3v) is 10.4. The van der Waals surface area contributed by atoms with Crippen molar-refractivity contribution in [1.82, 2.24) is 0 Å². The van der Waals surface area contributed by atoms with Crippen molar-refractivity contribution in [3.05, 3.63) is 0 Å². The Bertz CT molecular complexity index is 885. The lowest BCUT2D eigenvalue weighted by atomic mass is 9.42. The number of aliphatic hydroxyl groups is 2. The minimum absolute atomic E-state index is 0.129. The molecule has 10 atom stereocenters. The molecule has 0 spiro atoms. The van der Waals surface area contributed by atoms with Crippen LogP contribution in [0.15, 0.2) is 0 Å². The molecule has 4 fully saturated rings. The SMILES string of the molecule is C[C@H]1CC2C3CCC4CC(=O)CC[C@]4(C)[C@@]3(F)[C@@H](O)C[C@]2(C)[C@@]1(O)C(=O)COC(=O)C(F)CN. The van der Waals surface area contributed by atoms with Crippen molar-refractivity contribution in [2.75, 3.05) is 13.2 Å². The van der Waals surface area contributed by atoms with Crippen molar-refractivity contribution >= 4 is 17.5 Å². The summed E-state index contributed by atoms with van der Waals surface area (Å²) in [6.07, 6.45) is -1.10. The molecule has 4 N–H and O–H groups in total. The van der Waals surface area contributed by atoms with E-state index in [1.165, 1.54) is 0 Å². The zero-order valence-corrected chi connectivity index (χ0v) is 20.2. The number of carbonyl (C=O) groups excluding carboxylic acids is 3. The molecule has 4 aliphatic carbocycles. The molecule has 9 heteroatoms. The van der Waals surface area contributed by atoms with Crippen molar-refractivity contribution in [2.45, 2.75) is 89.3 Å². The molecular weight excluding hydrogens is 448 g/mol. The van der Waals surface area contributed by atoms with Crippen LogP contribution in [0.4, 0.5) is 8.78 Å². The molecule has 192 valence electrons. The highest BCUT2D eigenvalue weighted by molar-refractivity contribution is 5.91. The summed E-state index contributed by atoms with van der Waals surface area (Å²) in [5.41, 5.74) is -0.771. The second kappa shape index (κ2) is 8.30. The molecule has 34 heavy (non-hydrogen) atoms. The van der Waals surface area contributed by atoms with E-state index in [9.17, 15) is 29.0 Å². The summed E-state index contributed by atoms with van der Waals surface area (Å²) in [7, 11) is 0. The molecule has 0 aliphatic heterocycles. The van der Waals surface area contributed by atoms with Crippen LogP contribution in [-0.4, -0.2) is 64.4 Å². The predicted molar refractivity (Wildman–Crippen MR) is 118 cm³/mol. The lowest BCUT2D eigenvalue weighted by molar-refractivity contribution is -0.255. The van der Waals surface area contributed by atoms with Gasteiger partial charge in [-0.2, -0.15) is 0 Å². The first-order chi connectivity index (χ1) is 15.8. The quantitative estimate of drug-likeness (QED) is 0.509. The number of fused-ring (bicyclic) bond motifs is 5. The van der Waals surface area contributed by atoms with Gasteiger partial charge in [0, 0.05) is 30.2 Å². The Labute approximate surface area is 198 Å². The van der Waals surface area contributed by atoms with Crippen LogP contribution in [0.3, 0.4) is 0 Å². The number of aliphatic hydroxyl groups excluding tert-OH is 1. The maximum atomic E-state index is 17.2. The summed E-state index contributed by atoms with van der Waals surface area (Å²) in [5, 5.41) is 23.1. The number of rotatable bonds is 5. The highest BCUT2D eigenvalue weighted by atomic mass is 19.1. The number of ether oxygens (including phenoxy) is 1. The summed E-state index contributed by atoms with van der Waals surface area (Å²) in [6, 6.07) is 0. The molecule has 0 aromatic heterocycles. The number of nitrogens with two attached hydrogens (primary N) is 1. The number of ketones is 2. The Hall–Kier alpha value is -1.45. The minimum atomic E-state index is -2.06. The Balaban J connectivity index is 1.64. The monoisotopic (exact) mass is 485 g/mol. The molecule has 0 saturated heterocycles. The van der Waals surface area contributed by atoms with Gasteiger partial charge in [-0.1, -0.05) is 20.8 Å². The normalized spacial score (nSPS) is 48.9. The second-order valence-corrected chi connectivity index (χ2v) is 11.7. The van der Waals surface area contributed by atoms with Crippen LogP contribution in [0.1, 0.15) is 65.7 Å². The summed E-state index contributed by atoms with van der Waals surface area (Å²) in [4.78, 5) is 37.0. The van der Waals surface area contributed by atoms with E-state index in [1.54, 1.807) is 13.8 Å². The third kappa shape index (κ3) is 3.18. The van der Waals surface area contributed by atoms with Gasteiger partial charge in [0.25, 0.3) is 0 Å². The molecule has 4 aliphatic rings. The van der Waals surface area contributed by atoms with Crippen LogP contribution in [0.25, 0.3) is 0 Å². The molecule has 0 aromatic rings. The average Bonchev–Trinajstić information content (AvgIpc) is 2.99. The zero-order valence-electron chi connectivity index (χ0n) is 20.2. The van der Waals surface area contributed by atoms with Crippen LogP contribution in [0, 0.1) is 34.5 Å². The maximum absolute atomic E-state index is 17.2. The van der Waals surface area contributed by atoms with Crippen LogP contribution >= 0.6 is 0 Å². The highest BCUT2D eigenvalue weighted by Gasteiger charge is 2.76. The Morgan fingerprint density at radius 1 is 1.24 bits per heavy atom. The smallest absolute Gasteiger partial charge is 0.342 e. The van der Waals surface area contributed by atoms with Crippen molar-refractivity contribution in [3.63, 3.8) is 0 Å². The van der Waals surface area contributed by atoms with Gasteiger partial charge in [0.15, 0.2) is 6.61 Å². The first-order valence-corrected chi connectivity index (χ1v) is 12.4. The average molecular weight is 486 g/mol. The number of alkyl halides is 2. The fraction of sp³-hybridized carbons (Fsp3) is 0.880. The molecule has 0 amide bonds. The molecular formula is C25H37F2NO6. The lowest BCUT2D eigenvalue weighted by Gasteiger charge is -2.65. The molecule has 0 aromatic carbocycles. The van der Waals surface area contributed by atoms with Gasteiger partial charge in [-0.3, -0.25) is 9.59 Å². The zero-order chi connectivity index (χ0) is 25.3. The van der Waals surface area contributed by atoms with E-state index in [0.29, 0.717) is 38.5 Å². The van der Waals surface area contributed by atoms with Crippen LogP contribution in [-0.2, 0) is 19.1 Å². The summed E-state index contributed by atoms with van der Waals surface area (Å²) >= 11 is 0. The molecule has 7 nitrogen and oxygen atoms in total. The Morgan fingerprint density at radius 2 is 1.91 bits per heavy atom. The van der Waals surface area contributed by atoms with E-state index in [2.05, 4.69) is 0 Å². The van der Waals surface area contributed by atoms with E-state index in [0.717, 1.165) is 0 Å². The third-order valence-electron chi connectivity index (χ3n) is 10.4. The number of hydrogen-bond donors (Lipinski definition) is 3. The Morgan fingerprint density at radius 3 is 2.56 bits per heavy atom. The molecule has 4 rings (SSSR count). The van der Waals surface area contributed by atoms with Crippen LogP contribution in [0.2, 0.25) is 0 Å². The fourth-order valence-corrected chi connectivity index (χ4v) is 8.42. The van der Waals surface area contributed by atoms with Gasteiger partial charge >= 0.3 is 5.97 Å². The standard InChI is InChI=1S/C25H37F2NO6/c1-13-8-17-16-5-4-14-9-15(29)6-7-22(14,2)24(16,27)19(30)10-23(17,3)25(13,33)20(31)12-34-21(32)18(26)11-28/h13-14,16-19,30,33H,4-12,28H2,1-3H3/t13-,14?,16?,17?,18?,19-,22-,23-,24-,25-/m0/s1. The van der Waals surface area contributed by atoms with Gasteiger partial charge < -0.3 is 20.7 Å². The molecule has 4 saturated carbocycles. The molecule has 0 bridgehead atoms. The number of Topliss-reactive ketones (excluding diaryl/α,β-unsaturated/α-hetero) is 2.